The quantitative estimate of drug-likeness (QED) is 0.0126. The molecule has 3 amide bonds. The predicted octanol–water partition coefficient (Wildman–Crippen LogP) is 9.16. The number of carbonyl (C=O) groups excluding carboxylic acids is 7. The lowest BCUT2D eigenvalue weighted by molar-refractivity contribution is -0.265. The molecule has 736 valence electrons. The third-order valence-electron chi connectivity index (χ3n) is 27.3. The van der Waals surface area contributed by atoms with Crippen molar-refractivity contribution in [1.82, 2.24) is 74.8 Å². The second kappa shape index (κ2) is 47.6. The lowest BCUT2D eigenvalue weighted by Gasteiger charge is -2.42. The van der Waals surface area contributed by atoms with Crippen LogP contribution in [0.4, 0.5) is 23.7 Å². The normalized spacial score (nSPS) is 26.6. The summed E-state index contributed by atoms with van der Waals surface area (Å²) < 4.78 is 62.4. The fourth-order valence-corrected chi connectivity index (χ4v) is 19.3. The summed E-state index contributed by atoms with van der Waals surface area (Å²) in [6, 6.07) is 10.5. The maximum Gasteiger partial charge on any atom is 0.329 e. The largest absolute Gasteiger partial charge is 0.460 e. The molecule has 0 unspecified atom stereocenters. The summed E-state index contributed by atoms with van der Waals surface area (Å²) in [7, 11) is 4.61. The van der Waals surface area contributed by atoms with E-state index in [0.717, 1.165) is 35.1 Å². The molecule has 3 saturated heterocycles. The molecule has 2 aromatic carbocycles. The zero-order valence-electron chi connectivity index (χ0n) is 80.0. The first-order chi connectivity index (χ1) is 66.1. The van der Waals surface area contributed by atoms with Gasteiger partial charge >= 0.3 is 5.97 Å². The van der Waals surface area contributed by atoms with Gasteiger partial charge in [-0.25, -0.2) is 44.1 Å². The number of ether oxygens (including phenoxy) is 9. The number of oxazole rings is 1. The molecule has 14 rings (SSSR count). The molecule has 7 N–H and O–H groups in total. The summed E-state index contributed by atoms with van der Waals surface area (Å²) in [5, 5.41) is 41.5. The number of aromatic nitrogens is 12. The Morgan fingerprint density at radius 1 is 0.723 bits per heavy atom. The van der Waals surface area contributed by atoms with E-state index in [1.54, 1.807) is 59.5 Å². The first-order valence-corrected chi connectivity index (χ1v) is 47.8. The van der Waals surface area contributed by atoms with Crippen LogP contribution in [0.5, 0.6) is 0 Å². The maximum absolute atomic E-state index is 14.9. The summed E-state index contributed by atoms with van der Waals surface area (Å²) in [5.41, 5.74) is 21.5. The highest BCUT2D eigenvalue weighted by Crippen LogP contribution is 2.42. The van der Waals surface area contributed by atoms with Crippen LogP contribution < -0.4 is 26.6 Å². The molecule has 38 nitrogen and oxygen atoms in total. The van der Waals surface area contributed by atoms with Gasteiger partial charge in [0.25, 0.3) is 23.6 Å². The highest BCUT2D eigenvalue weighted by Gasteiger charge is 2.53. The number of benzene rings is 2. The molecule has 4 fully saturated rings. The van der Waals surface area contributed by atoms with Gasteiger partial charge in [0.05, 0.1) is 107 Å². The number of nitrogens with two attached hydrogens (primary N) is 2. The van der Waals surface area contributed by atoms with Crippen LogP contribution in [0.2, 0.25) is 0 Å². The maximum atomic E-state index is 14.9. The zero-order valence-corrected chi connectivity index (χ0v) is 80.0. The number of piperidine rings is 1. The van der Waals surface area contributed by atoms with Gasteiger partial charge in [-0.1, -0.05) is 94.5 Å². The number of rotatable bonds is 29. The fourth-order valence-electron chi connectivity index (χ4n) is 19.3. The van der Waals surface area contributed by atoms with Crippen LogP contribution in [0.25, 0.3) is 44.6 Å². The zero-order chi connectivity index (χ0) is 97.0. The van der Waals surface area contributed by atoms with Crippen LogP contribution in [0, 0.1) is 35.5 Å². The van der Waals surface area contributed by atoms with Gasteiger partial charge in [-0.3, -0.25) is 28.8 Å². The van der Waals surface area contributed by atoms with Crippen LogP contribution >= 0.6 is 0 Å². The van der Waals surface area contributed by atoms with E-state index in [2.05, 4.69) is 63.6 Å². The molecule has 11 heterocycles. The van der Waals surface area contributed by atoms with Crippen molar-refractivity contribution >= 4 is 86.9 Å². The van der Waals surface area contributed by atoms with Crippen molar-refractivity contribution in [1.29, 1.82) is 0 Å². The Morgan fingerprint density at radius 3 is 2.15 bits per heavy atom. The van der Waals surface area contributed by atoms with Crippen molar-refractivity contribution in [2.75, 3.05) is 141 Å². The predicted molar refractivity (Wildman–Crippen MR) is 508 cm³/mol. The van der Waals surface area contributed by atoms with E-state index in [9.17, 15) is 43.8 Å². The molecular weight excluding hydrogens is 1760 g/mol. The average Bonchev–Trinajstić information content (AvgIpc) is 1.60. The number of ketones is 3. The minimum absolute atomic E-state index is 0.0183. The van der Waals surface area contributed by atoms with Gasteiger partial charge in [-0.2, -0.15) is 10.1 Å². The Bertz CT molecular complexity index is 5600. The van der Waals surface area contributed by atoms with Crippen LogP contribution in [0.1, 0.15) is 165 Å². The highest BCUT2D eigenvalue weighted by atomic mass is 16.6. The van der Waals surface area contributed by atoms with Gasteiger partial charge in [0.15, 0.2) is 17.0 Å². The number of fused-ring (bicyclic) bond motifs is 6. The van der Waals surface area contributed by atoms with E-state index in [1.165, 1.54) is 36.3 Å². The number of anilines is 4. The Balaban J connectivity index is 0.485. The molecule has 15 atom stereocenters. The third-order valence-corrected chi connectivity index (χ3v) is 27.3. The third kappa shape index (κ3) is 25.5. The smallest absolute Gasteiger partial charge is 0.329 e. The van der Waals surface area contributed by atoms with Crippen LogP contribution in [0.15, 0.2) is 126 Å². The molecule has 38 heteroatoms. The van der Waals surface area contributed by atoms with Crippen molar-refractivity contribution in [3.63, 3.8) is 0 Å². The second-order valence-corrected chi connectivity index (χ2v) is 37.0. The number of nitrogen functional groups attached to an aromatic ring is 2. The molecule has 6 aromatic heterocycles. The number of aliphatic hydroxyl groups is 2. The number of methoxy groups -OCH3 is 3. The molecule has 0 spiro atoms. The van der Waals surface area contributed by atoms with E-state index < -0.39 is 83.7 Å². The Hall–Kier alpha value is -11.6. The number of nitrogens with zero attached hydrogens (tertiary/aromatic N) is 16. The molecule has 5 aliphatic heterocycles. The number of Topliss-reactive ketones (excluding diaryl/α,β-unsaturated/α-hetero) is 3. The fraction of sp³-hybridized carbons (Fsp3) is 0.566. The van der Waals surface area contributed by atoms with Gasteiger partial charge in [0.2, 0.25) is 23.6 Å². The Labute approximate surface area is 797 Å². The van der Waals surface area contributed by atoms with Crippen molar-refractivity contribution in [2.45, 2.75) is 206 Å². The first-order valence-electron chi connectivity index (χ1n) is 47.8. The number of hydrogen-bond donors (Lipinski definition) is 5. The molecule has 2 bridgehead atoms. The molecule has 0 radical (unpaired) electrons. The van der Waals surface area contributed by atoms with Crippen molar-refractivity contribution in [3.05, 3.63) is 144 Å². The first kappa shape index (κ1) is 101. The number of nitrogens with one attached hydrogen (secondary N) is 1. The van der Waals surface area contributed by atoms with E-state index in [1.807, 2.05) is 95.6 Å². The van der Waals surface area contributed by atoms with Crippen molar-refractivity contribution in [2.24, 2.45) is 35.5 Å². The van der Waals surface area contributed by atoms with E-state index >= 15 is 0 Å². The topological polar surface area (TPSA) is 472 Å². The molecule has 8 aromatic rings. The Kier molecular flexibility index (Phi) is 35.2. The van der Waals surface area contributed by atoms with Gasteiger partial charge in [-0.05, 0) is 148 Å². The molecule has 1 aliphatic carbocycles. The number of hydrogen-bond acceptors (Lipinski definition) is 33. The SMILES string of the molecule is CO[C@H]1C[C@@H]2CC[C@@H](C)[C@@](O)(O2)C(=O)C(=O)N2CCCC[C@H]2C(=O)O[C@H]([C@H](C)C[C@@H]2CC[C@H](n3cc(-c4cnc(N5CCN(c6ncc(C(=O)NCCOCCOCCOCCOCCC(=O)N7CCc8cc(Cn9nc(-c%10ccc%11oc(N)nc%11c%10)c%10c(N)ncnc%109)ccc8C7)cn6)CC5)nc4)nn3)[C@H](OC)C2)CC(=O)[C@H](C)/C=C(\C)[C@@H](O)[C@@H](OC)C(=O)[C@H](C)C[C@H](C)/C=C/C=C/C=C/1C. The van der Waals surface area contributed by atoms with Crippen molar-refractivity contribution in [3.8, 4) is 22.5 Å². The molecule has 137 heavy (non-hydrogen) atoms. The number of allylic oxidation sites excluding steroid dienone is 6. The Morgan fingerprint density at radius 2 is 1.44 bits per heavy atom. The number of amides is 3. The number of carbonyl (C=O) groups is 7. The average molecular weight is 1890 g/mol. The molecule has 1 saturated carbocycles. The van der Waals surface area contributed by atoms with Gasteiger partial charge in [-0.15, -0.1) is 5.10 Å². The summed E-state index contributed by atoms with van der Waals surface area (Å²) in [5.74, 6) is -7.42. The van der Waals surface area contributed by atoms with Crippen LogP contribution in [-0.4, -0.2) is 289 Å². The lowest BCUT2D eigenvalue weighted by Crippen LogP contribution is -2.61. The molecule has 6 aliphatic rings. The monoisotopic (exact) mass is 1890 g/mol. The highest BCUT2D eigenvalue weighted by molar-refractivity contribution is 6.39. The lowest BCUT2D eigenvalue weighted by atomic mass is 9.77. The standard InChI is InChI=1S/C99H131N19O19/c1-60-16-12-11-13-17-61(2)81(128-8)50-74-24-19-66(7)99(127,137-74)90(123)94(125)116-30-15-14-18-78(116)95(126)135-82(51-79(119)62(3)45-65(6)88(122)89(130-10)87(121)64(5)44-60)63(4)46-67-21-25-77(83(48-67)129-9)117-58-76(110-112-117)72-52-103-97(104-53-72)113-32-34-114(35-33-113)98-105-54-73(55-106-98)93(124)102-29-37-132-39-41-134-43-42-133-40-38-131-36-28-84(120)115-31-27-69-47-68(20-22-71(69)57-115)56-118-92-85(91(100)107-59-108-92)86(111-118)70-23-26-80-75(49-70)109-96(101)136-80/h11-13,16-17,20,22-23,26,45,47,49,52-55,58-60,62-64,66-67,74,77-78,81-83,88-89,122,127H,14-15,18-19,21,24-25,27-44,46,48,50-51,56-57H2,1-10H3,(H2,101,109)(H,102,124)(H2,100,107,108)/b13-11+,16-12+,61-17+,65-45+/t60-,62-,63-,64-,66-,67+,74+,77+,78+,81+,82+,83-,88-,89+,99-/m1/s1. The van der Waals surface area contributed by atoms with E-state index in [4.69, 9.17) is 73.6 Å². The number of aliphatic hydroxyl groups excluding tert-OH is 1. The van der Waals surface area contributed by atoms with Gasteiger partial charge in [0, 0.05) is 140 Å². The number of cyclic esters (lactones) is 1. The number of esters is 1. The minimum atomic E-state index is -2.48. The summed E-state index contributed by atoms with van der Waals surface area (Å²) in [4.78, 5) is 138. The van der Waals surface area contributed by atoms with E-state index in [0.29, 0.717) is 205 Å². The van der Waals surface area contributed by atoms with Crippen molar-refractivity contribution < 1.29 is 90.8 Å². The summed E-state index contributed by atoms with van der Waals surface area (Å²) in [6.07, 6.45) is 22.1. The second-order valence-electron chi connectivity index (χ2n) is 37.0. The molecular formula is C99H131N19O19. The summed E-state index contributed by atoms with van der Waals surface area (Å²) in [6.45, 7) is 19.6. The number of piperazine rings is 1. The summed E-state index contributed by atoms with van der Waals surface area (Å²) >= 11 is 0. The van der Waals surface area contributed by atoms with Crippen LogP contribution in [-0.2, 0) is 90.9 Å². The van der Waals surface area contributed by atoms with Crippen LogP contribution in [0.3, 0.4) is 0 Å². The minimum Gasteiger partial charge on any atom is -0.460 e. The van der Waals surface area contributed by atoms with Gasteiger partial charge < -0.3 is 93.6 Å². The van der Waals surface area contributed by atoms with Gasteiger partial charge in [0.1, 0.15) is 59.2 Å². The van der Waals surface area contributed by atoms with E-state index in [-0.39, 0.29) is 105 Å².